The van der Waals surface area contributed by atoms with Gasteiger partial charge in [-0.1, -0.05) is 13.8 Å². The number of nitrogens with zero attached hydrogens (tertiary/aromatic N) is 3. The third-order valence-corrected chi connectivity index (χ3v) is 5.10. The zero-order valence-electron chi connectivity index (χ0n) is 14.8. The number of rotatable bonds is 6. The first-order valence-electron chi connectivity index (χ1n) is 8.45. The molecular weight excluding hydrogens is 330 g/mol. The zero-order valence-corrected chi connectivity index (χ0v) is 15.7. The van der Waals surface area contributed by atoms with Crippen LogP contribution in [0.15, 0.2) is 54.4 Å². The van der Waals surface area contributed by atoms with E-state index in [0.29, 0.717) is 12.5 Å². The molecule has 0 saturated heterocycles. The number of hydrogen-bond acceptors (Lipinski definition) is 3. The molecule has 1 amide bonds. The first kappa shape index (κ1) is 17.4. The molecule has 0 aliphatic rings. The molecule has 130 valence electrons. The fourth-order valence-electron chi connectivity index (χ4n) is 2.77. The van der Waals surface area contributed by atoms with Crippen molar-refractivity contribution in [3.63, 3.8) is 0 Å². The maximum Gasteiger partial charge on any atom is 0.254 e. The van der Waals surface area contributed by atoms with Crippen LogP contribution in [0.4, 0.5) is 0 Å². The highest BCUT2D eigenvalue weighted by Crippen LogP contribution is 2.20. The molecule has 0 radical (unpaired) electrons. The van der Waals surface area contributed by atoms with Crippen LogP contribution in [-0.4, -0.2) is 26.9 Å². The average Bonchev–Trinajstić information content (AvgIpc) is 3.26. The molecule has 2 heterocycles. The van der Waals surface area contributed by atoms with Crippen molar-refractivity contribution < 1.29 is 4.79 Å². The van der Waals surface area contributed by atoms with E-state index in [9.17, 15) is 4.79 Å². The molecule has 2 aromatic heterocycles. The van der Waals surface area contributed by atoms with E-state index < -0.39 is 0 Å². The Labute approximate surface area is 152 Å². The Kier molecular flexibility index (Phi) is 5.34. The lowest BCUT2D eigenvalue weighted by Crippen LogP contribution is -2.33. The molecular formula is C20H23N3OS. The number of benzene rings is 1. The summed E-state index contributed by atoms with van der Waals surface area (Å²) in [6.07, 6.45) is 5.38. The molecule has 0 N–H and O–H groups in total. The number of aryl methyl sites for hydroxylation is 1. The number of imidazole rings is 1. The van der Waals surface area contributed by atoms with Crippen LogP contribution >= 0.6 is 11.3 Å². The van der Waals surface area contributed by atoms with Gasteiger partial charge in [0.15, 0.2) is 0 Å². The van der Waals surface area contributed by atoms with Crippen molar-refractivity contribution in [2.75, 3.05) is 6.54 Å². The van der Waals surface area contributed by atoms with Crippen LogP contribution in [0.3, 0.4) is 0 Å². The van der Waals surface area contributed by atoms with Gasteiger partial charge < -0.3 is 9.47 Å². The van der Waals surface area contributed by atoms with Crippen molar-refractivity contribution in [2.45, 2.75) is 27.3 Å². The lowest BCUT2D eigenvalue weighted by atomic mass is 10.1. The quantitative estimate of drug-likeness (QED) is 0.652. The summed E-state index contributed by atoms with van der Waals surface area (Å²) in [4.78, 5) is 20.3. The Bertz CT molecular complexity index is 819. The molecule has 0 aliphatic carbocycles. The van der Waals surface area contributed by atoms with Crippen LogP contribution in [0.5, 0.6) is 0 Å². The van der Waals surface area contributed by atoms with Gasteiger partial charge in [-0.2, -0.15) is 0 Å². The number of hydrogen-bond donors (Lipinski definition) is 0. The van der Waals surface area contributed by atoms with Crippen molar-refractivity contribution in [2.24, 2.45) is 5.92 Å². The summed E-state index contributed by atoms with van der Waals surface area (Å²) in [6, 6.07) is 9.81. The van der Waals surface area contributed by atoms with Gasteiger partial charge in [-0.3, -0.25) is 4.79 Å². The predicted molar refractivity (Wildman–Crippen MR) is 102 cm³/mol. The highest BCUT2D eigenvalue weighted by Gasteiger charge is 2.18. The molecule has 0 bridgehead atoms. The van der Waals surface area contributed by atoms with E-state index in [1.165, 1.54) is 10.4 Å². The van der Waals surface area contributed by atoms with E-state index in [0.717, 1.165) is 17.8 Å². The molecule has 3 aromatic rings. The van der Waals surface area contributed by atoms with Crippen LogP contribution in [0, 0.1) is 12.8 Å². The molecule has 0 spiro atoms. The first-order valence-corrected chi connectivity index (χ1v) is 9.33. The van der Waals surface area contributed by atoms with Crippen LogP contribution in [-0.2, 0) is 6.54 Å². The van der Waals surface area contributed by atoms with E-state index in [-0.39, 0.29) is 5.91 Å². The minimum absolute atomic E-state index is 0.0821. The standard InChI is InChI=1S/C20H23N3OS/c1-15(2)12-23(13-19-16(3)8-11-25-19)20(24)17-4-6-18(7-5-17)22-10-9-21-14-22/h4-11,14-15H,12-13H2,1-3H3. The highest BCUT2D eigenvalue weighted by molar-refractivity contribution is 7.10. The summed E-state index contributed by atoms with van der Waals surface area (Å²) in [7, 11) is 0. The second-order valence-corrected chi connectivity index (χ2v) is 7.62. The Morgan fingerprint density at radius 2 is 2.00 bits per heavy atom. The van der Waals surface area contributed by atoms with Crippen molar-refractivity contribution in [3.05, 3.63) is 70.4 Å². The minimum atomic E-state index is 0.0821. The Hall–Kier alpha value is -2.40. The van der Waals surface area contributed by atoms with E-state index in [1.807, 2.05) is 39.9 Å². The van der Waals surface area contributed by atoms with Gasteiger partial charge in [-0.05, 0) is 54.1 Å². The summed E-state index contributed by atoms with van der Waals surface area (Å²) in [6.45, 7) is 7.81. The number of aromatic nitrogens is 2. The summed E-state index contributed by atoms with van der Waals surface area (Å²) < 4.78 is 1.93. The topological polar surface area (TPSA) is 38.1 Å². The van der Waals surface area contributed by atoms with Gasteiger partial charge >= 0.3 is 0 Å². The van der Waals surface area contributed by atoms with Gasteiger partial charge in [0.25, 0.3) is 5.91 Å². The van der Waals surface area contributed by atoms with Crippen molar-refractivity contribution in [3.8, 4) is 5.69 Å². The smallest absolute Gasteiger partial charge is 0.254 e. The number of carbonyl (C=O) groups excluding carboxylic acids is 1. The molecule has 0 atom stereocenters. The number of thiophene rings is 1. The van der Waals surface area contributed by atoms with E-state index in [1.54, 1.807) is 23.9 Å². The van der Waals surface area contributed by atoms with Crippen LogP contribution in [0.25, 0.3) is 5.69 Å². The second kappa shape index (κ2) is 7.66. The van der Waals surface area contributed by atoms with Gasteiger partial charge in [0.05, 0.1) is 12.9 Å². The molecule has 3 rings (SSSR count). The lowest BCUT2D eigenvalue weighted by molar-refractivity contribution is 0.0724. The Morgan fingerprint density at radius 1 is 1.24 bits per heavy atom. The molecule has 4 nitrogen and oxygen atoms in total. The molecule has 0 unspecified atom stereocenters. The largest absolute Gasteiger partial charge is 0.333 e. The molecule has 25 heavy (non-hydrogen) atoms. The maximum absolute atomic E-state index is 13.0. The average molecular weight is 353 g/mol. The third kappa shape index (κ3) is 4.17. The van der Waals surface area contributed by atoms with E-state index >= 15 is 0 Å². The van der Waals surface area contributed by atoms with Crippen molar-refractivity contribution in [1.82, 2.24) is 14.5 Å². The molecule has 1 aromatic carbocycles. The summed E-state index contributed by atoms with van der Waals surface area (Å²) in [5.74, 6) is 0.508. The van der Waals surface area contributed by atoms with Gasteiger partial charge in [0, 0.05) is 35.1 Å². The minimum Gasteiger partial charge on any atom is -0.333 e. The van der Waals surface area contributed by atoms with Crippen molar-refractivity contribution in [1.29, 1.82) is 0 Å². The Balaban J connectivity index is 1.80. The van der Waals surface area contributed by atoms with Gasteiger partial charge in [-0.15, -0.1) is 11.3 Å². The van der Waals surface area contributed by atoms with Gasteiger partial charge in [-0.25, -0.2) is 4.98 Å². The van der Waals surface area contributed by atoms with Crippen LogP contribution in [0.1, 0.15) is 34.6 Å². The molecule has 5 heteroatoms. The second-order valence-electron chi connectivity index (χ2n) is 6.62. The molecule has 0 fully saturated rings. The van der Waals surface area contributed by atoms with E-state index in [4.69, 9.17) is 0 Å². The fourth-order valence-corrected chi connectivity index (χ4v) is 3.69. The summed E-state index contributed by atoms with van der Waals surface area (Å²) in [5, 5.41) is 2.09. The SMILES string of the molecule is Cc1ccsc1CN(CC(C)C)C(=O)c1ccc(-n2ccnc2)cc1. The monoisotopic (exact) mass is 353 g/mol. The number of amides is 1. The summed E-state index contributed by atoms with van der Waals surface area (Å²) >= 11 is 1.71. The van der Waals surface area contributed by atoms with E-state index in [2.05, 4.69) is 37.2 Å². The lowest BCUT2D eigenvalue weighted by Gasteiger charge is -2.24. The van der Waals surface area contributed by atoms with Crippen LogP contribution < -0.4 is 0 Å². The van der Waals surface area contributed by atoms with Crippen LogP contribution in [0.2, 0.25) is 0 Å². The number of carbonyl (C=O) groups is 1. The Morgan fingerprint density at radius 3 is 2.56 bits per heavy atom. The predicted octanol–water partition coefficient (Wildman–Crippen LogP) is 4.54. The molecule has 0 aliphatic heterocycles. The first-order chi connectivity index (χ1) is 12.0. The maximum atomic E-state index is 13.0. The third-order valence-electron chi connectivity index (χ3n) is 4.09. The normalized spacial score (nSPS) is 11.0. The highest BCUT2D eigenvalue weighted by atomic mass is 32.1. The summed E-state index contributed by atoms with van der Waals surface area (Å²) in [5.41, 5.74) is 2.97. The molecule has 0 saturated carbocycles. The fraction of sp³-hybridized carbons (Fsp3) is 0.300. The van der Waals surface area contributed by atoms with Crippen molar-refractivity contribution >= 4 is 17.2 Å². The van der Waals surface area contributed by atoms with Gasteiger partial charge in [0.1, 0.15) is 0 Å². The zero-order chi connectivity index (χ0) is 17.8. The van der Waals surface area contributed by atoms with Gasteiger partial charge in [0.2, 0.25) is 0 Å².